The van der Waals surface area contributed by atoms with Crippen molar-refractivity contribution in [2.45, 2.75) is 23.1 Å². The van der Waals surface area contributed by atoms with E-state index in [-0.39, 0.29) is 23.7 Å². The zero-order valence-electron chi connectivity index (χ0n) is 12.1. The van der Waals surface area contributed by atoms with E-state index >= 15 is 0 Å². The summed E-state index contributed by atoms with van der Waals surface area (Å²) in [5.74, 6) is -0.995. The average molecular weight is 362 g/mol. The average Bonchev–Trinajstić information content (AvgIpc) is 2.72. The van der Waals surface area contributed by atoms with Gasteiger partial charge in [0.05, 0.1) is 4.90 Å². The molecule has 0 radical (unpaired) electrons. The summed E-state index contributed by atoms with van der Waals surface area (Å²) in [6, 6.07) is 6.33. The number of benzene rings is 1. The number of carbonyl (C=O) groups excluding carboxylic acids is 1. The van der Waals surface area contributed by atoms with E-state index in [2.05, 4.69) is 6.58 Å². The second-order valence-electron chi connectivity index (χ2n) is 5.36. The lowest BCUT2D eigenvalue weighted by atomic mass is 9.93. The lowest BCUT2D eigenvalue weighted by molar-refractivity contribution is -0.126. The van der Waals surface area contributed by atoms with Gasteiger partial charge < -0.3 is 0 Å². The fourth-order valence-electron chi connectivity index (χ4n) is 2.49. The Kier molecular flexibility index (Phi) is 4.90. The molecule has 1 fully saturated rings. The zero-order valence-corrected chi connectivity index (χ0v) is 14.5. The normalized spacial score (nSPS) is 25.5. The van der Waals surface area contributed by atoms with Gasteiger partial charge in [-0.25, -0.2) is 12.7 Å². The maximum absolute atomic E-state index is 12.7. The van der Waals surface area contributed by atoms with Crippen LogP contribution in [0.25, 0.3) is 0 Å². The summed E-state index contributed by atoms with van der Waals surface area (Å²) in [6.07, 6.45) is 1.68. The summed E-state index contributed by atoms with van der Waals surface area (Å²) in [7, 11) is -3.93. The van der Waals surface area contributed by atoms with E-state index in [1.807, 2.05) is 6.92 Å². The molecule has 0 aromatic heterocycles. The molecule has 1 aliphatic rings. The minimum absolute atomic E-state index is 0.0180. The topological polar surface area (TPSA) is 54.5 Å². The first-order valence-electron chi connectivity index (χ1n) is 6.77. The van der Waals surface area contributed by atoms with Gasteiger partial charge in [-0.1, -0.05) is 23.8 Å². The largest absolute Gasteiger partial charge is 0.272 e. The smallest absolute Gasteiger partial charge is 0.266 e. The Labute approximate surface area is 140 Å². The standard InChI is InChI=1S/C15H17Cl2NO3S/c1-3-8-15(17)12(9-16)10-18(14(15)19)22(20,21)13-6-4-11(2)5-7-13/h3-7,12H,1,8-10H2,2H3/t12-,15+/m0/s1. The number of carbonyl (C=O) groups is 1. The molecule has 0 aliphatic carbocycles. The van der Waals surface area contributed by atoms with E-state index in [1.54, 1.807) is 12.1 Å². The predicted molar refractivity (Wildman–Crippen MR) is 87.7 cm³/mol. The summed E-state index contributed by atoms with van der Waals surface area (Å²) in [5.41, 5.74) is 0.934. The van der Waals surface area contributed by atoms with Gasteiger partial charge >= 0.3 is 0 Å². The summed E-state index contributed by atoms with van der Waals surface area (Å²) in [4.78, 5) is 11.3. The molecule has 1 amide bonds. The van der Waals surface area contributed by atoms with Crippen LogP contribution in [-0.4, -0.2) is 35.9 Å². The van der Waals surface area contributed by atoms with Crippen molar-refractivity contribution in [2.75, 3.05) is 12.4 Å². The first kappa shape index (κ1) is 17.3. The molecule has 1 aromatic carbocycles. The molecule has 0 bridgehead atoms. The Bertz CT molecular complexity index is 687. The number of rotatable bonds is 5. The van der Waals surface area contributed by atoms with Crippen molar-refractivity contribution in [1.29, 1.82) is 0 Å². The van der Waals surface area contributed by atoms with Crippen LogP contribution in [0.5, 0.6) is 0 Å². The van der Waals surface area contributed by atoms with E-state index in [1.165, 1.54) is 18.2 Å². The molecule has 7 heteroatoms. The number of nitrogens with zero attached hydrogens (tertiary/aromatic N) is 1. The zero-order chi connectivity index (χ0) is 16.5. The number of aryl methyl sites for hydroxylation is 1. The maximum atomic E-state index is 12.7. The second-order valence-corrected chi connectivity index (χ2v) is 8.21. The lowest BCUT2D eigenvalue weighted by Gasteiger charge is -2.22. The quantitative estimate of drug-likeness (QED) is 0.598. The van der Waals surface area contributed by atoms with Gasteiger partial charge in [0.25, 0.3) is 15.9 Å². The van der Waals surface area contributed by atoms with Gasteiger partial charge in [0, 0.05) is 18.3 Å². The Morgan fingerprint density at radius 1 is 1.41 bits per heavy atom. The van der Waals surface area contributed by atoms with Crippen LogP contribution in [0.15, 0.2) is 41.8 Å². The Morgan fingerprint density at radius 2 is 2.00 bits per heavy atom. The van der Waals surface area contributed by atoms with Crippen molar-refractivity contribution in [3.05, 3.63) is 42.5 Å². The third kappa shape index (κ3) is 2.77. The summed E-state index contributed by atoms with van der Waals surface area (Å²) < 4.78 is 26.2. The molecule has 22 heavy (non-hydrogen) atoms. The van der Waals surface area contributed by atoms with Crippen LogP contribution in [0.1, 0.15) is 12.0 Å². The van der Waals surface area contributed by atoms with E-state index in [4.69, 9.17) is 23.2 Å². The van der Waals surface area contributed by atoms with Crippen LogP contribution >= 0.6 is 23.2 Å². The highest BCUT2D eigenvalue weighted by atomic mass is 35.5. The Balaban J connectivity index is 2.42. The van der Waals surface area contributed by atoms with Crippen molar-refractivity contribution in [3.63, 3.8) is 0 Å². The monoisotopic (exact) mass is 361 g/mol. The molecule has 1 heterocycles. The van der Waals surface area contributed by atoms with Crippen LogP contribution in [-0.2, 0) is 14.8 Å². The van der Waals surface area contributed by atoms with Gasteiger partial charge in [-0.3, -0.25) is 4.79 Å². The van der Waals surface area contributed by atoms with E-state index in [0.717, 1.165) is 9.87 Å². The lowest BCUT2D eigenvalue weighted by Crippen LogP contribution is -2.40. The van der Waals surface area contributed by atoms with E-state index in [0.29, 0.717) is 0 Å². The van der Waals surface area contributed by atoms with Gasteiger partial charge in [0.15, 0.2) is 0 Å². The SMILES string of the molecule is C=CC[C@]1(Cl)C(=O)N(S(=O)(=O)c2ccc(C)cc2)C[C@@H]1CCl. The third-order valence-electron chi connectivity index (χ3n) is 3.85. The summed E-state index contributed by atoms with van der Waals surface area (Å²) >= 11 is 12.3. The van der Waals surface area contributed by atoms with Crippen LogP contribution in [0.2, 0.25) is 0 Å². The number of amides is 1. The highest BCUT2D eigenvalue weighted by molar-refractivity contribution is 7.89. The maximum Gasteiger partial charge on any atom is 0.266 e. The van der Waals surface area contributed by atoms with E-state index in [9.17, 15) is 13.2 Å². The first-order valence-corrected chi connectivity index (χ1v) is 9.12. The fourth-order valence-corrected chi connectivity index (χ4v) is 4.83. The van der Waals surface area contributed by atoms with E-state index < -0.39 is 26.7 Å². The Morgan fingerprint density at radius 3 is 2.50 bits per heavy atom. The number of hydrogen-bond acceptors (Lipinski definition) is 3. The highest BCUT2D eigenvalue weighted by Gasteiger charge is 2.55. The molecule has 120 valence electrons. The molecule has 1 aliphatic heterocycles. The van der Waals surface area contributed by atoms with Gasteiger partial charge in [0.2, 0.25) is 0 Å². The van der Waals surface area contributed by atoms with Gasteiger partial charge in [-0.2, -0.15) is 0 Å². The Hall–Kier alpha value is -1.04. The first-order chi connectivity index (χ1) is 10.3. The number of hydrogen-bond donors (Lipinski definition) is 0. The van der Waals surface area contributed by atoms with Crippen LogP contribution in [0, 0.1) is 12.8 Å². The molecular formula is C15H17Cl2NO3S. The molecule has 2 rings (SSSR count). The van der Waals surface area contributed by atoms with Crippen molar-refractivity contribution in [3.8, 4) is 0 Å². The van der Waals surface area contributed by atoms with Crippen LogP contribution in [0.4, 0.5) is 0 Å². The number of sulfonamides is 1. The van der Waals surface area contributed by atoms with Gasteiger partial charge in [0.1, 0.15) is 4.87 Å². The molecule has 2 atom stereocenters. The second kappa shape index (κ2) is 6.22. The number of halogens is 2. The molecule has 0 spiro atoms. The summed E-state index contributed by atoms with van der Waals surface area (Å²) in [5, 5.41) is 0. The van der Waals surface area contributed by atoms with Crippen molar-refractivity contribution < 1.29 is 13.2 Å². The number of allylic oxidation sites excluding steroid dienone is 1. The fraction of sp³-hybridized carbons (Fsp3) is 0.400. The minimum atomic E-state index is -3.93. The summed E-state index contributed by atoms with van der Waals surface area (Å²) in [6.45, 7) is 5.42. The highest BCUT2D eigenvalue weighted by Crippen LogP contribution is 2.41. The molecule has 0 N–H and O–H groups in total. The van der Waals surface area contributed by atoms with Crippen LogP contribution in [0.3, 0.4) is 0 Å². The molecule has 4 nitrogen and oxygen atoms in total. The predicted octanol–water partition coefficient (Wildman–Crippen LogP) is 2.93. The molecule has 1 saturated heterocycles. The molecular weight excluding hydrogens is 345 g/mol. The minimum Gasteiger partial charge on any atom is -0.272 e. The van der Waals surface area contributed by atoms with Gasteiger partial charge in [-0.05, 0) is 25.5 Å². The molecule has 1 aromatic rings. The third-order valence-corrected chi connectivity index (χ3v) is 6.61. The number of alkyl halides is 2. The van der Waals surface area contributed by atoms with Crippen molar-refractivity contribution in [1.82, 2.24) is 4.31 Å². The van der Waals surface area contributed by atoms with Crippen molar-refractivity contribution in [2.24, 2.45) is 5.92 Å². The molecule has 0 saturated carbocycles. The van der Waals surface area contributed by atoms with Crippen molar-refractivity contribution >= 4 is 39.1 Å². The molecule has 0 unspecified atom stereocenters. The van der Waals surface area contributed by atoms with Gasteiger partial charge in [-0.15, -0.1) is 29.8 Å². The van der Waals surface area contributed by atoms with Crippen LogP contribution < -0.4 is 0 Å².